The minimum absolute atomic E-state index is 0.142. The van der Waals surface area contributed by atoms with Crippen LogP contribution in [0.25, 0.3) is 22.5 Å². The molecule has 4 aromatic rings. The van der Waals surface area contributed by atoms with Gasteiger partial charge < -0.3 is 15.6 Å². The van der Waals surface area contributed by atoms with Crippen molar-refractivity contribution in [1.29, 1.82) is 0 Å². The number of benzene rings is 2. The van der Waals surface area contributed by atoms with Crippen LogP contribution in [0.5, 0.6) is 0 Å². The van der Waals surface area contributed by atoms with E-state index in [-0.39, 0.29) is 17.2 Å². The molecule has 2 aromatic carbocycles. The largest absolute Gasteiger partial charge is 0.355 e. The van der Waals surface area contributed by atoms with Gasteiger partial charge in [-0.15, -0.1) is 0 Å². The van der Waals surface area contributed by atoms with Crippen LogP contribution in [-0.2, 0) is 4.79 Å². The second-order valence-electron chi connectivity index (χ2n) is 11.8. The van der Waals surface area contributed by atoms with Crippen LogP contribution < -0.4 is 10.6 Å². The smallest absolute Gasteiger partial charge is 0.256 e. The van der Waals surface area contributed by atoms with E-state index in [1.807, 2.05) is 54.6 Å². The van der Waals surface area contributed by atoms with Gasteiger partial charge in [0.1, 0.15) is 5.82 Å². The number of H-pyrrole nitrogens is 1. The molecule has 39 heavy (non-hydrogen) atoms. The number of nitrogens with one attached hydrogen (secondary N) is 3. The van der Waals surface area contributed by atoms with Gasteiger partial charge in [-0.3, -0.25) is 9.59 Å². The summed E-state index contributed by atoms with van der Waals surface area (Å²) in [7, 11) is 0. The fourth-order valence-electron chi connectivity index (χ4n) is 7.54. The number of amides is 2. The van der Waals surface area contributed by atoms with E-state index in [9.17, 15) is 9.59 Å². The lowest BCUT2D eigenvalue weighted by Crippen LogP contribution is -2.51. The van der Waals surface area contributed by atoms with Crippen LogP contribution in [0.1, 0.15) is 48.9 Å². The van der Waals surface area contributed by atoms with Crippen LogP contribution in [0.15, 0.2) is 85.1 Å². The Kier molecular flexibility index (Phi) is 5.84. The molecule has 4 fully saturated rings. The van der Waals surface area contributed by atoms with Gasteiger partial charge >= 0.3 is 0 Å². The molecule has 0 atom stereocenters. The first kappa shape index (κ1) is 23.9. The first-order valence-electron chi connectivity index (χ1n) is 14.0. The number of rotatable bonds is 6. The molecule has 4 saturated carbocycles. The maximum absolute atomic E-state index is 13.4. The molecule has 0 aliphatic heterocycles. The molecule has 2 aromatic heterocycles. The highest BCUT2D eigenvalue weighted by molar-refractivity contribution is 6.04. The van der Waals surface area contributed by atoms with Gasteiger partial charge in [-0.25, -0.2) is 4.98 Å². The summed E-state index contributed by atoms with van der Waals surface area (Å²) >= 11 is 0. The van der Waals surface area contributed by atoms with Crippen LogP contribution in [-0.4, -0.2) is 21.8 Å². The number of carbonyl (C=O) groups excluding carboxylic acids is 2. The molecule has 0 radical (unpaired) electrons. The summed E-state index contributed by atoms with van der Waals surface area (Å²) in [4.78, 5) is 33.5. The number of pyridine rings is 1. The first-order valence-corrected chi connectivity index (χ1v) is 14.0. The number of carbonyl (C=O) groups is 2. The second-order valence-corrected chi connectivity index (χ2v) is 11.8. The molecule has 6 nitrogen and oxygen atoms in total. The van der Waals surface area contributed by atoms with E-state index in [0.29, 0.717) is 11.4 Å². The molecular weight excluding hydrogens is 484 g/mol. The van der Waals surface area contributed by atoms with Gasteiger partial charge in [0.15, 0.2) is 0 Å². The zero-order valence-electron chi connectivity index (χ0n) is 21.8. The van der Waals surface area contributed by atoms with Crippen molar-refractivity contribution in [3.8, 4) is 22.5 Å². The molecular formula is C33H32N4O2. The molecule has 196 valence electrons. The molecule has 8 rings (SSSR count). The zero-order valence-corrected chi connectivity index (χ0v) is 21.8. The Morgan fingerprint density at radius 1 is 0.718 bits per heavy atom. The lowest BCUT2D eigenvalue weighted by Gasteiger charge is -2.55. The van der Waals surface area contributed by atoms with Gasteiger partial charge in [0.05, 0.1) is 5.41 Å². The van der Waals surface area contributed by atoms with E-state index in [0.717, 1.165) is 65.2 Å². The van der Waals surface area contributed by atoms with E-state index in [2.05, 4.69) is 38.8 Å². The van der Waals surface area contributed by atoms with Crippen molar-refractivity contribution in [2.75, 3.05) is 10.6 Å². The number of aromatic amines is 1. The normalized spacial score (nSPS) is 24.9. The first-order chi connectivity index (χ1) is 19.0. The molecule has 0 unspecified atom stereocenters. The van der Waals surface area contributed by atoms with Crippen LogP contribution in [0.2, 0.25) is 0 Å². The summed E-state index contributed by atoms with van der Waals surface area (Å²) in [6.07, 6.45) is 8.88. The maximum Gasteiger partial charge on any atom is 0.256 e. The Labute approximate surface area is 228 Å². The Balaban J connectivity index is 1.01. The van der Waals surface area contributed by atoms with E-state index in [1.165, 1.54) is 19.3 Å². The van der Waals surface area contributed by atoms with Crippen molar-refractivity contribution < 1.29 is 9.59 Å². The standard InChI is InChI=1S/C33H32N4O2/c38-31(37-30-3-1-2-14-34-30)26-6-4-24(5-7-26)28-12-13-29(36-28)25-8-10-27(11-9-25)35-32(39)33-18-21-15-22(19-33)17-23(16-21)20-33/h1-14,21-23,36H,15-20H2,(H,35,39)(H,34,37,38). The molecule has 2 heterocycles. The fraction of sp³-hybridized carbons (Fsp3) is 0.303. The van der Waals surface area contributed by atoms with Crippen LogP contribution in [0.3, 0.4) is 0 Å². The van der Waals surface area contributed by atoms with E-state index in [1.54, 1.807) is 12.3 Å². The Morgan fingerprint density at radius 2 is 1.31 bits per heavy atom. The molecule has 6 heteroatoms. The third kappa shape index (κ3) is 4.65. The lowest BCUT2D eigenvalue weighted by molar-refractivity contribution is -0.140. The maximum atomic E-state index is 13.4. The van der Waals surface area contributed by atoms with Crippen molar-refractivity contribution in [3.63, 3.8) is 0 Å². The molecule has 4 aliphatic rings. The number of aromatic nitrogens is 2. The lowest BCUT2D eigenvalue weighted by atomic mass is 9.49. The van der Waals surface area contributed by atoms with Gasteiger partial charge in [-0.1, -0.05) is 30.3 Å². The van der Waals surface area contributed by atoms with Gasteiger partial charge in [-0.2, -0.15) is 0 Å². The number of hydrogen-bond acceptors (Lipinski definition) is 3. The molecule has 2 amide bonds. The quantitative estimate of drug-likeness (QED) is 0.254. The fourth-order valence-corrected chi connectivity index (χ4v) is 7.54. The minimum Gasteiger partial charge on any atom is -0.355 e. The molecule has 3 N–H and O–H groups in total. The summed E-state index contributed by atoms with van der Waals surface area (Å²) in [6, 6.07) is 25.1. The van der Waals surface area contributed by atoms with E-state index < -0.39 is 0 Å². The van der Waals surface area contributed by atoms with Crippen molar-refractivity contribution in [3.05, 3.63) is 90.6 Å². The van der Waals surface area contributed by atoms with Crippen molar-refractivity contribution in [1.82, 2.24) is 9.97 Å². The third-order valence-electron chi connectivity index (χ3n) is 9.02. The molecule has 0 saturated heterocycles. The topological polar surface area (TPSA) is 86.9 Å². The Morgan fingerprint density at radius 3 is 1.87 bits per heavy atom. The summed E-state index contributed by atoms with van der Waals surface area (Å²) in [5.41, 5.74) is 5.32. The highest BCUT2D eigenvalue weighted by atomic mass is 16.2. The highest BCUT2D eigenvalue weighted by Gasteiger charge is 2.54. The van der Waals surface area contributed by atoms with E-state index in [4.69, 9.17) is 0 Å². The van der Waals surface area contributed by atoms with Crippen LogP contribution in [0.4, 0.5) is 11.5 Å². The average Bonchev–Trinajstić information content (AvgIpc) is 3.44. The number of nitrogens with zero attached hydrogens (tertiary/aromatic N) is 1. The highest BCUT2D eigenvalue weighted by Crippen LogP contribution is 2.60. The molecule has 4 aliphatic carbocycles. The summed E-state index contributed by atoms with van der Waals surface area (Å²) < 4.78 is 0. The van der Waals surface area contributed by atoms with E-state index >= 15 is 0 Å². The minimum atomic E-state index is -0.192. The predicted molar refractivity (Wildman–Crippen MR) is 153 cm³/mol. The monoisotopic (exact) mass is 516 g/mol. The van der Waals surface area contributed by atoms with Gasteiger partial charge in [0.2, 0.25) is 5.91 Å². The van der Waals surface area contributed by atoms with Crippen molar-refractivity contribution in [2.24, 2.45) is 23.2 Å². The molecule has 0 spiro atoms. The number of anilines is 2. The molecule has 4 bridgehead atoms. The summed E-state index contributed by atoms with van der Waals surface area (Å²) in [5.74, 6) is 2.83. The van der Waals surface area contributed by atoms with Crippen LogP contribution in [0, 0.1) is 23.2 Å². The van der Waals surface area contributed by atoms with Crippen molar-refractivity contribution in [2.45, 2.75) is 38.5 Å². The Hall–Kier alpha value is -4.19. The summed E-state index contributed by atoms with van der Waals surface area (Å²) in [5, 5.41) is 6.06. The zero-order chi connectivity index (χ0) is 26.4. The number of hydrogen-bond donors (Lipinski definition) is 3. The van der Waals surface area contributed by atoms with Gasteiger partial charge in [0.25, 0.3) is 5.91 Å². The van der Waals surface area contributed by atoms with Gasteiger partial charge in [0, 0.05) is 28.8 Å². The SMILES string of the molecule is O=C(Nc1ccccn1)c1ccc(-c2ccc(-c3ccc(NC(=O)C45CC6CC(CC(C6)C4)C5)cc3)[nH]2)cc1. The summed E-state index contributed by atoms with van der Waals surface area (Å²) in [6.45, 7) is 0. The Bertz CT molecular complexity index is 1470. The van der Waals surface area contributed by atoms with Crippen LogP contribution >= 0.6 is 0 Å². The average molecular weight is 517 g/mol. The third-order valence-corrected chi connectivity index (χ3v) is 9.02. The van der Waals surface area contributed by atoms with Crippen molar-refractivity contribution >= 4 is 23.3 Å². The van der Waals surface area contributed by atoms with Gasteiger partial charge in [-0.05, 0) is 116 Å². The second kappa shape index (κ2) is 9.53. The predicted octanol–water partition coefficient (Wildman–Crippen LogP) is 7.15.